The SMILES string of the molecule is CCCOc1ccc(CNC(=O)COc2ccc(C(F)(F)F)cc2)cc1OC. The molecule has 0 aliphatic rings. The first kappa shape index (κ1) is 21.4. The Morgan fingerprint density at radius 3 is 2.36 bits per heavy atom. The Labute approximate surface area is 161 Å². The van der Waals surface area contributed by atoms with Gasteiger partial charge in [0.05, 0.1) is 19.3 Å². The average Bonchev–Trinajstić information content (AvgIpc) is 2.69. The molecule has 0 aromatic heterocycles. The molecule has 1 amide bonds. The minimum absolute atomic E-state index is 0.183. The summed E-state index contributed by atoms with van der Waals surface area (Å²) in [6.07, 6.45) is -3.53. The summed E-state index contributed by atoms with van der Waals surface area (Å²) in [5, 5.41) is 2.68. The quantitative estimate of drug-likeness (QED) is 0.689. The van der Waals surface area contributed by atoms with Gasteiger partial charge < -0.3 is 19.5 Å². The number of alkyl halides is 3. The van der Waals surface area contributed by atoms with E-state index in [0.29, 0.717) is 18.1 Å². The first-order valence-corrected chi connectivity index (χ1v) is 8.70. The van der Waals surface area contributed by atoms with E-state index in [9.17, 15) is 18.0 Å². The second-order valence-electron chi connectivity index (χ2n) is 5.92. The Kier molecular flexibility index (Phi) is 7.54. The van der Waals surface area contributed by atoms with Crippen molar-refractivity contribution in [1.82, 2.24) is 5.32 Å². The van der Waals surface area contributed by atoms with E-state index in [-0.39, 0.29) is 18.9 Å². The lowest BCUT2D eigenvalue weighted by atomic mass is 10.2. The topological polar surface area (TPSA) is 56.8 Å². The van der Waals surface area contributed by atoms with Gasteiger partial charge in [0.2, 0.25) is 0 Å². The fraction of sp³-hybridized carbons (Fsp3) is 0.350. The number of methoxy groups -OCH3 is 1. The molecule has 0 bridgehead atoms. The Hall–Kier alpha value is -2.90. The molecule has 152 valence electrons. The molecular weight excluding hydrogens is 375 g/mol. The summed E-state index contributed by atoms with van der Waals surface area (Å²) in [6.45, 7) is 2.52. The molecule has 2 aromatic rings. The van der Waals surface area contributed by atoms with Gasteiger partial charge in [0.1, 0.15) is 5.75 Å². The van der Waals surface area contributed by atoms with Crippen LogP contribution in [-0.4, -0.2) is 26.2 Å². The maximum absolute atomic E-state index is 12.5. The zero-order valence-electron chi connectivity index (χ0n) is 15.6. The molecule has 1 N–H and O–H groups in total. The van der Waals surface area contributed by atoms with Crippen LogP contribution in [0.5, 0.6) is 17.2 Å². The van der Waals surface area contributed by atoms with Crippen LogP contribution in [-0.2, 0) is 17.5 Å². The summed E-state index contributed by atoms with van der Waals surface area (Å²) in [7, 11) is 1.54. The second-order valence-corrected chi connectivity index (χ2v) is 5.92. The minimum Gasteiger partial charge on any atom is -0.493 e. The minimum atomic E-state index is -4.41. The number of carbonyl (C=O) groups is 1. The standard InChI is InChI=1S/C20H22F3NO4/c1-3-10-27-17-9-4-14(11-18(17)26-2)12-24-19(25)13-28-16-7-5-15(6-8-16)20(21,22)23/h4-9,11H,3,10,12-13H2,1-2H3,(H,24,25). The summed E-state index contributed by atoms with van der Waals surface area (Å²) in [5.41, 5.74) is 0.0354. The molecule has 2 aromatic carbocycles. The summed E-state index contributed by atoms with van der Waals surface area (Å²) >= 11 is 0. The van der Waals surface area contributed by atoms with E-state index in [0.717, 1.165) is 24.1 Å². The van der Waals surface area contributed by atoms with Crippen LogP contribution in [0.3, 0.4) is 0 Å². The molecule has 0 aliphatic carbocycles. The molecule has 0 fully saturated rings. The second kappa shape index (κ2) is 9.87. The summed E-state index contributed by atoms with van der Waals surface area (Å²) in [5.74, 6) is 0.985. The number of halogens is 3. The predicted octanol–water partition coefficient (Wildman–Crippen LogP) is 4.20. The normalized spacial score (nSPS) is 11.0. The van der Waals surface area contributed by atoms with Crippen molar-refractivity contribution in [1.29, 1.82) is 0 Å². The van der Waals surface area contributed by atoms with Gasteiger partial charge in [-0.2, -0.15) is 13.2 Å². The molecular formula is C20H22F3NO4. The number of carbonyl (C=O) groups excluding carboxylic acids is 1. The molecule has 0 atom stereocenters. The molecule has 0 unspecified atom stereocenters. The van der Waals surface area contributed by atoms with Gasteiger partial charge in [-0.1, -0.05) is 13.0 Å². The van der Waals surface area contributed by atoms with Crippen molar-refractivity contribution in [3.05, 3.63) is 53.6 Å². The van der Waals surface area contributed by atoms with Gasteiger partial charge in [0.15, 0.2) is 18.1 Å². The van der Waals surface area contributed by atoms with E-state index in [1.807, 2.05) is 13.0 Å². The van der Waals surface area contributed by atoms with Crippen LogP contribution in [0.1, 0.15) is 24.5 Å². The zero-order chi connectivity index (χ0) is 20.6. The number of amides is 1. The Morgan fingerprint density at radius 1 is 1.04 bits per heavy atom. The van der Waals surface area contributed by atoms with Crippen LogP contribution in [0.2, 0.25) is 0 Å². The van der Waals surface area contributed by atoms with Gasteiger partial charge in [-0.3, -0.25) is 4.79 Å². The fourth-order valence-corrected chi connectivity index (χ4v) is 2.29. The number of rotatable bonds is 9. The van der Waals surface area contributed by atoms with Crippen LogP contribution < -0.4 is 19.5 Å². The molecule has 0 saturated carbocycles. The lowest BCUT2D eigenvalue weighted by molar-refractivity contribution is -0.137. The van der Waals surface area contributed by atoms with Crippen LogP contribution in [0.25, 0.3) is 0 Å². The largest absolute Gasteiger partial charge is 0.493 e. The lowest BCUT2D eigenvalue weighted by Gasteiger charge is -2.12. The Bertz CT molecular complexity index is 776. The number of benzene rings is 2. The number of hydrogen-bond donors (Lipinski definition) is 1. The molecule has 28 heavy (non-hydrogen) atoms. The van der Waals surface area contributed by atoms with Crippen LogP contribution in [0.15, 0.2) is 42.5 Å². The van der Waals surface area contributed by atoms with E-state index in [4.69, 9.17) is 14.2 Å². The molecule has 0 heterocycles. The van der Waals surface area contributed by atoms with E-state index >= 15 is 0 Å². The fourth-order valence-electron chi connectivity index (χ4n) is 2.29. The highest BCUT2D eigenvalue weighted by Gasteiger charge is 2.30. The highest BCUT2D eigenvalue weighted by atomic mass is 19.4. The smallest absolute Gasteiger partial charge is 0.416 e. The van der Waals surface area contributed by atoms with Crippen molar-refractivity contribution < 1.29 is 32.2 Å². The third kappa shape index (κ3) is 6.37. The van der Waals surface area contributed by atoms with Gasteiger partial charge in [0, 0.05) is 6.54 Å². The van der Waals surface area contributed by atoms with Crippen molar-refractivity contribution in [3.63, 3.8) is 0 Å². The lowest BCUT2D eigenvalue weighted by Crippen LogP contribution is -2.28. The number of hydrogen-bond acceptors (Lipinski definition) is 4. The highest BCUT2D eigenvalue weighted by Crippen LogP contribution is 2.30. The first-order chi connectivity index (χ1) is 13.3. The summed E-state index contributed by atoms with van der Waals surface area (Å²) in [4.78, 5) is 11.9. The highest BCUT2D eigenvalue weighted by molar-refractivity contribution is 5.77. The first-order valence-electron chi connectivity index (χ1n) is 8.70. The Balaban J connectivity index is 1.83. The van der Waals surface area contributed by atoms with E-state index < -0.39 is 17.6 Å². The third-order valence-corrected chi connectivity index (χ3v) is 3.73. The molecule has 0 spiro atoms. The Morgan fingerprint density at radius 2 is 1.75 bits per heavy atom. The third-order valence-electron chi connectivity index (χ3n) is 3.73. The number of ether oxygens (including phenoxy) is 3. The maximum Gasteiger partial charge on any atom is 0.416 e. The zero-order valence-corrected chi connectivity index (χ0v) is 15.6. The molecule has 0 saturated heterocycles. The van der Waals surface area contributed by atoms with Crippen LogP contribution in [0.4, 0.5) is 13.2 Å². The van der Waals surface area contributed by atoms with Gasteiger partial charge in [-0.25, -0.2) is 0 Å². The van der Waals surface area contributed by atoms with Crippen molar-refractivity contribution in [2.24, 2.45) is 0 Å². The van der Waals surface area contributed by atoms with Crippen molar-refractivity contribution in [2.45, 2.75) is 26.1 Å². The van der Waals surface area contributed by atoms with Gasteiger partial charge >= 0.3 is 6.18 Å². The number of nitrogens with one attached hydrogen (secondary N) is 1. The van der Waals surface area contributed by atoms with Gasteiger partial charge in [-0.05, 0) is 48.4 Å². The summed E-state index contributed by atoms with van der Waals surface area (Å²) < 4.78 is 53.6. The van der Waals surface area contributed by atoms with Crippen molar-refractivity contribution in [2.75, 3.05) is 20.3 Å². The van der Waals surface area contributed by atoms with E-state index in [1.165, 1.54) is 19.2 Å². The van der Waals surface area contributed by atoms with E-state index in [2.05, 4.69) is 5.32 Å². The van der Waals surface area contributed by atoms with Crippen molar-refractivity contribution >= 4 is 5.91 Å². The molecule has 2 rings (SSSR count). The summed E-state index contributed by atoms with van der Waals surface area (Å²) in [6, 6.07) is 9.51. The molecule has 0 radical (unpaired) electrons. The van der Waals surface area contributed by atoms with Crippen LogP contribution in [0, 0.1) is 0 Å². The monoisotopic (exact) mass is 397 g/mol. The van der Waals surface area contributed by atoms with Gasteiger partial charge in [0.25, 0.3) is 5.91 Å². The van der Waals surface area contributed by atoms with E-state index in [1.54, 1.807) is 12.1 Å². The predicted molar refractivity (Wildman–Crippen MR) is 97.6 cm³/mol. The van der Waals surface area contributed by atoms with Crippen molar-refractivity contribution in [3.8, 4) is 17.2 Å². The van der Waals surface area contributed by atoms with Crippen LogP contribution >= 0.6 is 0 Å². The van der Waals surface area contributed by atoms with Gasteiger partial charge in [-0.15, -0.1) is 0 Å². The molecule has 5 nitrogen and oxygen atoms in total. The molecule has 8 heteroatoms. The maximum atomic E-state index is 12.5. The molecule has 0 aliphatic heterocycles. The average molecular weight is 397 g/mol.